The minimum absolute atomic E-state index is 0.0330. The van der Waals surface area contributed by atoms with Crippen LogP contribution in [0.5, 0.6) is 5.75 Å². The lowest BCUT2D eigenvalue weighted by molar-refractivity contribution is -0.307. The summed E-state index contributed by atoms with van der Waals surface area (Å²) in [6, 6.07) is 11.7. The third kappa shape index (κ3) is 5.50. The first-order chi connectivity index (χ1) is 15.3. The van der Waals surface area contributed by atoms with Crippen LogP contribution in [0.15, 0.2) is 51.7 Å². The van der Waals surface area contributed by atoms with Crippen LogP contribution < -0.4 is 16.0 Å². The van der Waals surface area contributed by atoms with Crippen molar-refractivity contribution >= 4 is 34.6 Å². The summed E-state index contributed by atoms with van der Waals surface area (Å²) in [7, 11) is 0. The first-order valence-electron chi connectivity index (χ1n) is 10.1. The number of aliphatic carboxylic acids is 1. The van der Waals surface area contributed by atoms with Gasteiger partial charge < -0.3 is 24.7 Å². The van der Waals surface area contributed by atoms with Crippen molar-refractivity contribution in [2.45, 2.75) is 38.5 Å². The van der Waals surface area contributed by atoms with Crippen LogP contribution in [-0.2, 0) is 21.8 Å². The zero-order valence-corrected chi connectivity index (χ0v) is 18.7. The Morgan fingerprint density at radius 1 is 1.12 bits per heavy atom. The Morgan fingerprint density at radius 3 is 2.53 bits per heavy atom. The largest absolute Gasteiger partial charge is 0.548 e. The number of aryl methyl sites for hydroxylation is 2. The van der Waals surface area contributed by atoms with E-state index >= 15 is 0 Å². The van der Waals surface area contributed by atoms with Gasteiger partial charge in [-0.25, -0.2) is 4.79 Å². The number of fused-ring (bicyclic) bond motifs is 1. The number of amides is 1. The molecule has 0 bridgehead atoms. The lowest BCUT2D eigenvalue weighted by Gasteiger charge is -2.19. The number of hydrogen-bond acceptors (Lipinski definition) is 7. The van der Waals surface area contributed by atoms with Gasteiger partial charge in [0.05, 0.1) is 12.0 Å². The molecule has 1 amide bonds. The van der Waals surface area contributed by atoms with Gasteiger partial charge in [-0.1, -0.05) is 30.3 Å². The SMILES string of the molecule is Cc1c(CCC(=O)N[C@@H](CSCc2ccccc2)C(=O)[O-])c(=O)oc2c(C)c(O)ccc12. The molecular formula is C24H24NO6S-. The monoisotopic (exact) mass is 454 g/mol. The normalized spacial score (nSPS) is 11.9. The first-order valence-corrected chi connectivity index (χ1v) is 11.3. The molecule has 0 radical (unpaired) electrons. The van der Waals surface area contributed by atoms with Gasteiger partial charge in [0.2, 0.25) is 5.91 Å². The number of aromatic hydroxyl groups is 1. The standard InChI is InChI=1S/C24H25NO6S/c1-14-17-8-10-20(26)15(2)22(17)31-24(30)18(14)9-11-21(27)25-19(23(28)29)13-32-12-16-6-4-3-5-7-16/h3-8,10,19,26H,9,11-13H2,1-2H3,(H,25,27)(H,28,29)/p-1/t19-/m0/s1. The van der Waals surface area contributed by atoms with Gasteiger partial charge in [-0.15, -0.1) is 0 Å². The van der Waals surface area contributed by atoms with E-state index in [0.717, 1.165) is 5.56 Å². The van der Waals surface area contributed by atoms with Crippen LogP contribution in [0.4, 0.5) is 0 Å². The molecule has 168 valence electrons. The Bertz CT molecular complexity index is 1190. The Morgan fingerprint density at radius 2 is 1.84 bits per heavy atom. The number of phenols is 1. The van der Waals surface area contributed by atoms with Gasteiger partial charge in [-0.3, -0.25) is 4.79 Å². The fourth-order valence-electron chi connectivity index (χ4n) is 3.41. The molecule has 0 aliphatic carbocycles. The summed E-state index contributed by atoms with van der Waals surface area (Å²) in [4.78, 5) is 36.3. The number of rotatable bonds is 9. The average Bonchev–Trinajstić information content (AvgIpc) is 2.76. The van der Waals surface area contributed by atoms with E-state index in [2.05, 4.69) is 5.32 Å². The summed E-state index contributed by atoms with van der Waals surface area (Å²) >= 11 is 1.39. The Kier molecular flexibility index (Phi) is 7.58. The maximum Gasteiger partial charge on any atom is 0.339 e. The predicted octanol–water partition coefficient (Wildman–Crippen LogP) is 2.22. The molecule has 2 aromatic carbocycles. The van der Waals surface area contributed by atoms with E-state index in [4.69, 9.17) is 4.42 Å². The summed E-state index contributed by atoms with van der Waals surface area (Å²) in [5, 5.41) is 24.4. The molecule has 0 aliphatic heterocycles. The zero-order chi connectivity index (χ0) is 23.3. The van der Waals surface area contributed by atoms with Gasteiger partial charge in [-0.2, -0.15) is 11.8 Å². The highest BCUT2D eigenvalue weighted by atomic mass is 32.2. The highest BCUT2D eigenvalue weighted by molar-refractivity contribution is 7.98. The number of carboxylic acid groups (broad SMARTS) is 1. The maximum absolute atomic E-state index is 12.4. The molecule has 1 heterocycles. The number of hydrogen-bond donors (Lipinski definition) is 2. The van der Waals surface area contributed by atoms with Crippen LogP contribution in [0, 0.1) is 13.8 Å². The van der Waals surface area contributed by atoms with Crippen LogP contribution >= 0.6 is 11.8 Å². The molecule has 0 fully saturated rings. The third-order valence-electron chi connectivity index (χ3n) is 5.29. The number of phenolic OH excluding ortho intramolecular Hbond substituents is 1. The summed E-state index contributed by atoms with van der Waals surface area (Å²) < 4.78 is 5.38. The molecule has 8 heteroatoms. The number of carbonyl (C=O) groups excluding carboxylic acids is 2. The van der Waals surface area contributed by atoms with E-state index in [1.165, 1.54) is 17.8 Å². The number of carboxylic acids is 1. The number of benzene rings is 2. The van der Waals surface area contributed by atoms with Crippen molar-refractivity contribution in [1.29, 1.82) is 0 Å². The zero-order valence-electron chi connectivity index (χ0n) is 17.8. The van der Waals surface area contributed by atoms with Crippen molar-refractivity contribution in [2.75, 3.05) is 5.75 Å². The number of nitrogens with one attached hydrogen (secondary N) is 1. The molecular weight excluding hydrogens is 430 g/mol. The molecule has 2 N–H and O–H groups in total. The highest BCUT2D eigenvalue weighted by Gasteiger charge is 2.18. The molecule has 1 atom stereocenters. The molecule has 0 spiro atoms. The summed E-state index contributed by atoms with van der Waals surface area (Å²) in [6.07, 6.45) is 0.0358. The smallest absolute Gasteiger partial charge is 0.339 e. The minimum atomic E-state index is -1.35. The predicted molar refractivity (Wildman–Crippen MR) is 121 cm³/mol. The Hall–Kier alpha value is -3.26. The Labute approximate surface area is 189 Å². The topological polar surface area (TPSA) is 120 Å². The second-order valence-corrected chi connectivity index (χ2v) is 8.55. The van der Waals surface area contributed by atoms with Crippen LogP contribution in [0.1, 0.15) is 28.7 Å². The lowest BCUT2D eigenvalue weighted by Crippen LogP contribution is -2.49. The van der Waals surface area contributed by atoms with E-state index < -0.39 is 23.5 Å². The van der Waals surface area contributed by atoms with Gasteiger partial charge >= 0.3 is 5.63 Å². The Balaban J connectivity index is 1.62. The summed E-state index contributed by atoms with van der Waals surface area (Å²) in [5.74, 6) is -1.02. The third-order valence-corrected chi connectivity index (χ3v) is 6.40. The van der Waals surface area contributed by atoms with Crippen molar-refractivity contribution in [1.82, 2.24) is 5.32 Å². The molecule has 3 rings (SSSR count). The van der Waals surface area contributed by atoms with Gasteiger partial charge in [0.1, 0.15) is 11.3 Å². The first kappa shape index (κ1) is 23.4. The van der Waals surface area contributed by atoms with Gasteiger partial charge in [0.25, 0.3) is 0 Å². The summed E-state index contributed by atoms with van der Waals surface area (Å²) in [5.41, 5.74) is 2.28. The number of carbonyl (C=O) groups is 2. The van der Waals surface area contributed by atoms with Gasteiger partial charge in [-0.05, 0) is 43.5 Å². The van der Waals surface area contributed by atoms with Crippen molar-refractivity contribution in [2.24, 2.45) is 0 Å². The van der Waals surface area contributed by atoms with E-state index in [1.807, 2.05) is 30.3 Å². The summed E-state index contributed by atoms with van der Waals surface area (Å²) in [6.45, 7) is 3.41. The molecule has 0 unspecified atom stereocenters. The lowest BCUT2D eigenvalue weighted by atomic mass is 10.0. The number of thioether (sulfide) groups is 1. The van der Waals surface area contributed by atoms with Crippen LogP contribution in [0.2, 0.25) is 0 Å². The molecule has 32 heavy (non-hydrogen) atoms. The van der Waals surface area contributed by atoms with Gasteiger partial charge in [0, 0.05) is 34.4 Å². The highest BCUT2D eigenvalue weighted by Crippen LogP contribution is 2.28. The van der Waals surface area contributed by atoms with Crippen LogP contribution in [0.3, 0.4) is 0 Å². The quantitative estimate of drug-likeness (QED) is 0.476. The maximum atomic E-state index is 12.4. The van der Waals surface area contributed by atoms with E-state index in [0.29, 0.717) is 33.4 Å². The van der Waals surface area contributed by atoms with E-state index in [9.17, 15) is 24.6 Å². The fourth-order valence-corrected chi connectivity index (χ4v) is 4.41. The second kappa shape index (κ2) is 10.4. The van der Waals surface area contributed by atoms with Crippen LogP contribution in [-0.4, -0.2) is 28.8 Å². The molecule has 3 aromatic rings. The van der Waals surface area contributed by atoms with Crippen LogP contribution in [0.25, 0.3) is 11.0 Å². The average molecular weight is 455 g/mol. The molecule has 1 aromatic heterocycles. The molecule has 0 aliphatic rings. The van der Waals surface area contributed by atoms with Gasteiger partial charge in [0.15, 0.2) is 0 Å². The van der Waals surface area contributed by atoms with E-state index in [1.54, 1.807) is 19.9 Å². The van der Waals surface area contributed by atoms with Crippen molar-refractivity contribution in [3.8, 4) is 5.75 Å². The van der Waals surface area contributed by atoms with Crippen molar-refractivity contribution in [3.63, 3.8) is 0 Å². The van der Waals surface area contributed by atoms with Crippen molar-refractivity contribution in [3.05, 3.63) is 75.1 Å². The fraction of sp³-hybridized carbons (Fsp3) is 0.292. The molecule has 0 saturated heterocycles. The van der Waals surface area contributed by atoms with E-state index in [-0.39, 0.29) is 24.3 Å². The minimum Gasteiger partial charge on any atom is -0.548 e. The molecule has 0 saturated carbocycles. The van der Waals surface area contributed by atoms with Crippen molar-refractivity contribution < 1.29 is 24.2 Å². The molecule has 7 nitrogen and oxygen atoms in total. The second-order valence-electron chi connectivity index (χ2n) is 7.52.